The van der Waals surface area contributed by atoms with Crippen LogP contribution in [0.4, 0.5) is 16.4 Å². The third-order valence-electron chi connectivity index (χ3n) is 5.00. The van der Waals surface area contributed by atoms with Crippen LogP contribution in [0.5, 0.6) is 5.88 Å². The van der Waals surface area contributed by atoms with E-state index in [0.29, 0.717) is 11.4 Å². The summed E-state index contributed by atoms with van der Waals surface area (Å²) in [5, 5.41) is 22.6. The summed E-state index contributed by atoms with van der Waals surface area (Å²) < 4.78 is 25.1. The summed E-state index contributed by atoms with van der Waals surface area (Å²) in [6, 6.07) is 22.0. The zero-order valence-electron chi connectivity index (χ0n) is 20.3. The van der Waals surface area contributed by atoms with E-state index in [1.165, 1.54) is 12.1 Å². The molecular weight excluding hydrogens is 526 g/mol. The summed E-state index contributed by atoms with van der Waals surface area (Å²) in [6.45, 7) is 3.87. The molecule has 0 saturated carbocycles. The lowest BCUT2D eigenvalue weighted by molar-refractivity contribution is -0.115. The van der Waals surface area contributed by atoms with E-state index in [2.05, 4.69) is 31.2 Å². The van der Waals surface area contributed by atoms with Crippen LogP contribution in [-0.4, -0.2) is 30.1 Å². The molecule has 0 aliphatic carbocycles. The Balaban J connectivity index is 1.60. The second kappa shape index (κ2) is 11.7. The number of carbonyl (C=O) groups is 1. The molecule has 38 heavy (non-hydrogen) atoms. The van der Waals surface area contributed by atoms with Crippen LogP contribution in [0.1, 0.15) is 16.1 Å². The number of hydrazine groups is 1. The van der Waals surface area contributed by atoms with E-state index < -0.39 is 21.8 Å². The molecule has 0 radical (unpaired) electrons. The maximum Gasteiger partial charge on any atom is 0.289 e. The maximum atomic E-state index is 13.1. The Morgan fingerprint density at radius 1 is 0.895 bits per heavy atom. The van der Waals surface area contributed by atoms with E-state index >= 15 is 0 Å². The fourth-order valence-corrected chi connectivity index (χ4v) is 4.59. The first-order chi connectivity index (χ1) is 18.2. The number of benzene rings is 3. The highest BCUT2D eigenvalue weighted by Crippen LogP contribution is 2.35. The van der Waals surface area contributed by atoms with Gasteiger partial charge in [0.1, 0.15) is 0 Å². The molecule has 0 atom stereocenters. The molecule has 11 nitrogen and oxygen atoms in total. The highest BCUT2D eigenvalue weighted by Gasteiger charge is 2.24. The minimum Gasteiger partial charge on any atom is -0.491 e. The van der Waals surface area contributed by atoms with Crippen molar-refractivity contribution >= 4 is 49.4 Å². The maximum absolute atomic E-state index is 13.1. The van der Waals surface area contributed by atoms with E-state index in [4.69, 9.17) is 0 Å². The smallest absolute Gasteiger partial charge is 0.289 e. The van der Waals surface area contributed by atoms with Gasteiger partial charge in [-0.3, -0.25) is 15.6 Å². The van der Waals surface area contributed by atoms with Gasteiger partial charge >= 0.3 is 0 Å². The molecule has 4 rings (SSSR count). The molecule has 4 aromatic rings. The number of azo groups is 1. The van der Waals surface area contributed by atoms with Gasteiger partial charge in [-0.15, -0.1) is 15.1 Å². The third-order valence-corrected chi connectivity index (χ3v) is 7.20. The highest BCUT2D eigenvalue weighted by atomic mass is 32.2. The van der Waals surface area contributed by atoms with Gasteiger partial charge in [0.15, 0.2) is 10.7 Å². The lowest BCUT2D eigenvalue weighted by atomic mass is 10.2. The van der Waals surface area contributed by atoms with Crippen LogP contribution >= 0.6 is 11.3 Å². The molecule has 0 spiro atoms. The molecule has 13 heteroatoms. The number of hydrogen-bond donors (Lipinski definition) is 4. The number of hydrazone groups is 1. The zero-order valence-corrected chi connectivity index (χ0v) is 21.9. The van der Waals surface area contributed by atoms with E-state index in [0.717, 1.165) is 22.5 Å². The minimum absolute atomic E-state index is 0.0172. The van der Waals surface area contributed by atoms with Crippen molar-refractivity contribution in [3.63, 3.8) is 0 Å². The Labute approximate surface area is 223 Å². The van der Waals surface area contributed by atoms with Gasteiger partial charge in [0.25, 0.3) is 21.8 Å². The predicted molar refractivity (Wildman–Crippen MR) is 145 cm³/mol. The number of thiazole rings is 1. The molecule has 4 N–H and O–H groups in total. The largest absolute Gasteiger partial charge is 0.491 e. The number of rotatable bonds is 9. The molecule has 1 aromatic heterocycles. The molecule has 0 unspecified atom stereocenters. The summed E-state index contributed by atoms with van der Waals surface area (Å²) >= 11 is 0.855. The van der Waals surface area contributed by atoms with Crippen molar-refractivity contribution in [2.75, 3.05) is 5.43 Å². The molecule has 0 fully saturated rings. The number of sulfonamides is 1. The Hall–Kier alpha value is -4.46. The highest BCUT2D eigenvalue weighted by molar-refractivity contribution is 7.89. The van der Waals surface area contributed by atoms with Crippen LogP contribution in [0.15, 0.2) is 99.1 Å². The average Bonchev–Trinajstić information content (AvgIpc) is 3.28. The van der Waals surface area contributed by atoms with Gasteiger partial charge in [0, 0.05) is 0 Å². The number of carbonyl (C=O) groups excluding carboxylic acids is 1. The fraction of sp³-hybridized carbons (Fsp3) is 0.0800. The molecule has 3 aromatic carbocycles. The number of nitrogens with zero attached hydrogens (tertiary/aromatic N) is 4. The minimum atomic E-state index is -4.05. The number of aromatic hydroxyl groups is 1. The monoisotopic (exact) mass is 549 g/mol. The topological polar surface area (TPSA) is 157 Å². The molecule has 1 amide bonds. The van der Waals surface area contributed by atoms with Crippen molar-refractivity contribution in [2.45, 2.75) is 18.7 Å². The van der Waals surface area contributed by atoms with Gasteiger partial charge < -0.3 is 5.11 Å². The number of aryl methyl sites for hydroxylation is 2. The second-order valence-electron chi connectivity index (χ2n) is 7.99. The van der Waals surface area contributed by atoms with E-state index in [1.807, 2.05) is 42.9 Å². The molecule has 194 valence electrons. The SMILES string of the molecule is Cc1ccc(N=Nc2sc(/C(=N\Nc3ccc(C)cc3)C(=O)NNS(=O)(=O)c3ccccc3)nc2O)cc1. The molecule has 0 bridgehead atoms. The van der Waals surface area contributed by atoms with Gasteiger partial charge in [-0.25, -0.2) is 8.42 Å². The van der Waals surface area contributed by atoms with Crippen molar-refractivity contribution in [1.29, 1.82) is 0 Å². The van der Waals surface area contributed by atoms with Crippen molar-refractivity contribution in [3.8, 4) is 5.88 Å². The van der Waals surface area contributed by atoms with Crippen molar-refractivity contribution in [3.05, 3.63) is 95.0 Å². The number of nitrogens with one attached hydrogen (secondary N) is 3. The molecular formula is C25H23N7O4S2. The third kappa shape index (κ3) is 6.85. The van der Waals surface area contributed by atoms with Crippen LogP contribution in [0.25, 0.3) is 0 Å². The zero-order chi connectivity index (χ0) is 27.1. The van der Waals surface area contributed by atoms with Gasteiger partial charge in [-0.2, -0.15) is 10.1 Å². The summed E-state index contributed by atoms with van der Waals surface area (Å²) in [6.07, 6.45) is 0. The number of aromatic nitrogens is 1. The van der Waals surface area contributed by atoms with Gasteiger partial charge in [0.05, 0.1) is 16.3 Å². The number of hydrogen-bond acceptors (Lipinski definition) is 10. The van der Waals surface area contributed by atoms with Crippen LogP contribution < -0.4 is 15.7 Å². The van der Waals surface area contributed by atoms with Gasteiger partial charge in [0.2, 0.25) is 5.00 Å². The Kier molecular flexibility index (Phi) is 8.21. The molecule has 0 aliphatic heterocycles. The summed E-state index contributed by atoms with van der Waals surface area (Å²) in [7, 11) is -4.05. The molecule has 1 heterocycles. The van der Waals surface area contributed by atoms with Gasteiger partial charge in [-0.1, -0.05) is 64.9 Å². The summed E-state index contributed by atoms with van der Waals surface area (Å²) in [5.41, 5.74) is 7.83. The normalized spacial score (nSPS) is 12.0. The average molecular weight is 550 g/mol. The summed E-state index contributed by atoms with van der Waals surface area (Å²) in [5.74, 6) is -1.37. The number of anilines is 1. The Morgan fingerprint density at radius 2 is 1.53 bits per heavy atom. The standard InChI is InChI=1S/C25H23N7O4S2/c1-16-8-12-18(13-9-16)27-29-21(22(33)30-32-38(35,36)20-6-4-3-5-7-20)24-26-23(34)25(37-24)31-28-19-14-10-17(2)11-15-19/h3-15,27,32,34H,1-2H3,(H,30,33)/b29-21-,31-28?. The van der Waals surface area contributed by atoms with Crippen molar-refractivity contribution in [1.82, 2.24) is 15.2 Å². The molecule has 0 aliphatic rings. The number of amides is 1. The molecule has 0 saturated heterocycles. The van der Waals surface area contributed by atoms with Crippen LogP contribution in [0, 0.1) is 13.8 Å². The first-order valence-electron chi connectivity index (χ1n) is 11.2. The van der Waals surface area contributed by atoms with Crippen LogP contribution in [0.2, 0.25) is 0 Å². The van der Waals surface area contributed by atoms with E-state index in [1.54, 1.807) is 42.5 Å². The first kappa shape index (κ1) is 26.6. The lowest BCUT2D eigenvalue weighted by Crippen LogP contribution is -2.45. The second-order valence-corrected chi connectivity index (χ2v) is 10.7. The van der Waals surface area contributed by atoms with Crippen molar-refractivity contribution < 1.29 is 18.3 Å². The fourth-order valence-electron chi connectivity index (χ4n) is 2.96. The predicted octanol–water partition coefficient (Wildman–Crippen LogP) is 4.71. The van der Waals surface area contributed by atoms with Crippen molar-refractivity contribution in [2.24, 2.45) is 15.3 Å². The van der Waals surface area contributed by atoms with Crippen LogP contribution in [-0.2, 0) is 14.8 Å². The van der Waals surface area contributed by atoms with E-state index in [-0.39, 0.29) is 20.6 Å². The van der Waals surface area contributed by atoms with E-state index in [9.17, 15) is 18.3 Å². The van der Waals surface area contributed by atoms with Gasteiger partial charge in [-0.05, 0) is 50.2 Å². The summed E-state index contributed by atoms with van der Waals surface area (Å²) in [4.78, 5) is 19.1. The quantitative estimate of drug-likeness (QED) is 0.135. The first-order valence-corrected chi connectivity index (χ1v) is 13.5. The Bertz CT molecular complexity index is 1580. The lowest BCUT2D eigenvalue weighted by Gasteiger charge is -2.09. The van der Waals surface area contributed by atoms with Crippen LogP contribution in [0.3, 0.4) is 0 Å². The Morgan fingerprint density at radius 3 is 2.18 bits per heavy atom.